The Balaban J connectivity index is 2.10. The van der Waals surface area contributed by atoms with Gasteiger partial charge in [-0.25, -0.2) is 9.69 Å². The maximum atomic E-state index is 13.8. The first-order chi connectivity index (χ1) is 14.4. The van der Waals surface area contributed by atoms with E-state index in [1.165, 1.54) is 4.90 Å². The van der Waals surface area contributed by atoms with Gasteiger partial charge in [0.2, 0.25) is 11.7 Å². The molecule has 3 rings (SSSR count). The summed E-state index contributed by atoms with van der Waals surface area (Å²) >= 11 is 0. The van der Waals surface area contributed by atoms with Crippen molar-refractivity contribution in [3.05, 3.63) is 29.8 Å². The molecule has 2 amide bonds. The molecule has 164 valence electrons. The molecule has 2 unspecified atom stereocenters. The minimum atomic E-state index is -0.573. The zero-order valence-electron chi connectivity index (χ0n) is 18.3. The highest BCUT2D eigenvalue weighted by molar-refractivity contribution is 5.97. The molecule has 7 nitrogen and oxygen atoms in total. The fourth-order valence-electron chi connectivity index (χ4n) is 4.30. The highest BCUT2D eigenvalue weighted by Crippen LogP contribution is 2.44. The number of hydrogen-bond acceptors (Lipinski definition) is 6. The summed E-state index contributed by atoms with van der Waals surface area (Å²) in [5.41, 5.74) is 0.730. The third-order valence-corrected chi connectivity index (χ3v) is 5.94. The Hall–Kier alpha value is -2.70. The van der Waals surface area contributed by atoms with Crippen molar-refractivity contribution >= 4 is 12.0 Å². The fraction of sp³-hybridized carbons (Fsp3) is 0.565. The van der Waals surface area contributed by atoms with Gasteiger partial charge in [0.25, 0.3) is 0 Å². The number of methoxy groups -OCH3 is 3. The van der Waals surface area contributed by atoms with Crippen LogP contribution in [-0.2, 0) is 9.53 Å². The van der Waals surface area contributed by atoms with Crippen LogP contribution in [0.25, 0.3) is 0 Å². The standard InChI is InChI=1S/C23H31NO6/c1-14(2)17-13-30-23(26)24(17)22(25)20(15-9-7-6-8-10-15)16-11-18(27-3)21(29-5)19(12-16)28-4/h7,9,11-12,14-15,17,20H,6,8,10,13H2,1-5H3/t15-,17?,20?/m1/s1. The molecule has 1 heterocycles. The van der Waals surface area contributed by atoms with Gasteiger partial charge in [0.1, 0.15) is 6.61 Å². The Morgan fingerprint density at radius 1 is 1.13 bits per heavy atom. The number of carbonyl (C=O) groups excluding carboxylic acids is 2. The van der Waals surface area contributed by atoms with E-state index in [0.717, 1.165) is 24.8 Å². The number of allylic oxidation sites excluding steroid dienone is 2. The molecule has 0 spiro atoms. The summed E-state index contributed by atoms with van der Waals surface area (Å²) in [7, 11) is 4.64. The molecule has 0 bridgehead atoms. The van der Waals surface area contributed by atoms with E-state index in [1.807, 2.05) is 13.8 Å². The monoisotopic (exact) mass is 417 g/mol. The maximum Gasteiger partial charge on any atom is 0.417 e. The second kappa shape index (κ2) is 9.41. The lowest BCUT2D eigenvalue weighted by atomic mass is 9.79. The molecule has 30 heavy (non-hydrogen) atoms. The number of carbonyl (C=O) groups is 2. The Bertz CT molecular complexity index is 793. The predicted molar refractivity (Wildman–Crippen MR) is 112 cm³/mol. The molecule has 1 aromatic rings. The fourth-order valence-corrected chi connectivity index (χ4v) is 4.30. The molecule has 3 atom stereocenters. The zero-order valence-corrected chi connectivity index (χ0v) is 18.3. The quantitative estimate of drug-likeness (QED) is 0.621. The van der Waals surface area contributed by atoms with Gasteiger partial charge < -0.3 is 18.9 Å². The average Bonchev–Trinajstić information content (AvgIpc) is 3.15. The normalized spacial score (nSPS) is 22.1. The molecule has 0 N–H and O–H groups in total. The molecular weight excluding hydrogens is 386 g/mol. The van der Waals surface area contributed by atoms with Gasteiger partial charge in [0, 0.05) is 0 Å². The lowest BCUT2D eigenvalue weighted by Gasteiger charge is -2.32. The zero-order chi connectivity index (χ0) is 21.8. The van der Waals surface area contributed by atoms with E-state index in [-0.39, 0.29) is 30.4 Å². The Morgan fingerprint density at radius 2 is 1.80 bits per heavy atom. The number of rotatable bonds is 7. The Labute approximate surface area is 177 Å². The topological polar surface area (TPSA) is 74.3 Å². The van der Waals surface area contributed by atoms with Crippen LogP contribution in [0, 0.1) is 11.8 Å². The van der Waals surface area contributed by atoms with Crippen molar-refractivity contribution in [2.45, 2.75) is 45.1 Å². The van der Waals surface area contributed by atoms with Crippen LogP contribution in [-0.4, -0.2) is 50.9 Å². The van der Waals surface area contributed by atoms with E-state index in [1.54, 1.807) is 33.5 Å². The van der Waals surface area contributed by atoms with Gasteiger partial charge in [-0.3, -0.25) is 4.79 Å². The molecule has 2 aliphatic rings. The van der Waals surface area contributed by atoms with Crippen LogP contribution in [0.5, 0.6) is 17.2 Å². The van der Waals surface area contributed by atoms with Crippen LogP contribution in [0.4, 0.5) is 4.79 Å². The van der Waals surface area contributed by atoms with E-state index in [9.17, 15) is 9.59 Å². The third kappa shape index (κ3) is 4.11. The molecular formula is C23H31NO6. The Kier molecular flexibility index (Phi) is 6.90. The molecule has 7 heteroatoms. The second-order valence-corrected chi connectivity index (χ2v) is 8.06. The molecule has 1 aliphatic carbocycles. The second-order valence-electron chi connectivity index (χ2n) is 8.06. The third-order valence-electron chi connectivity index (χ3n) is 5.94. The lowest BCUT2D eigenvalue weighted by Crippen LogP contribution is -2.45. The molecule has 1 fully saturated rings. The summed E-state index contributed by atoms with van der Waals surface area (Å²) in [6.45, 7) is 4.20. The number of ether oxygens (including phenoxy) is 4. The van der Waals surface area contributed by atoms with Gasteiger partial charge in [0.05, 0.1) is 33.3 Å². The van der Waals surface area contributed by atoms with Crippen LogP contribution in [0.15, 0.2) is 24.3 Å². The first kappa shape index (κ1) is 22.0. The van der Waals surface area contributed by atoms with Crippen LogP contribution in [0.3, 0.4) is 0 Å². The lowest BCUT2D eigenvalue weighted by molar-refractivity contribution is -0.132. The van der Waals surface area contributed by atoms with Gasteiger partial charge in [0.15, 0.2) is 11.5 Å². The minimum Gasteiger partial charge on any atom is -0.493 e. The van der Waals surface area contributed by atoms with Crippen molar-refractivity contribution in [1.82, 2.24) is 4.90 Å². The van der Waals surface area contributed by atoms with Gasteiger partial charge in [-0.05, 0) is 48.8 Å². The van der Waals surface area contributed by atoms with Crippen molar-refractivity contribution in [3.63, 3.8) is 0 Å². The van der Waals surface area contributed by atoms with Gasteiger partial charge >= 0.3 is 6.09 Å². The highest BCUT2D eigenvalue weighted by atomic mass is 16.6. The van der Waals surface area contributed by atoms with Gasteiger partial charge in [-0.1, -0.05) is 26.0 Å². The van der Waals surface area contributed by atoms with Gasteiger partial charge in [-0.2, -0.15) is 0 Å². The van der Waals surface area contributed by atoms with E-state index in [2.05, 4.69) is 12.2 Å². The largest absolute Gasteiger partial charge is 0.493 e. The molecule has 1 saturated heterocycles. The molecule has 0 radical (unpaired) electrons. The first-order valence-corrected chi connectivity index (χ1v) is 10.4. The summed E-state index contributed by atoms with van der Waals surface area (Å²) in [4.78, 5) is 27.6. The van der Waals surface area contributed by atoms with Crippen molar-refractivity contribution in [2.24, 2.45) is 11.8 Å². The van der Waals surface area contributed by atoms with Crippen molar-refractivity contribution in [1.29, 1.82) is 0 Å². The van der Waals surface area contributed by atoms with Crippen molar-refractivity contribution < 1.29 is 28.5 Å². The molecule has 0 saturated carbocycles. The number of benzene rings is 1. The SMILES string of the molecule is COc1cc(C(C(=O)N2C(=O)OCC2C(C)C)[C@@H]2C=CCCC2)cc(OC)c1OC. The van der Waals surface area contributed by atoms with E-state index < -0.39 is 12.0 Å². The first-order valence-electron chi connectivity index (χ1n) is 10.4. The van der Waals surface area contributed by atoms with Crippen LogP contribution in [0.2, 0.25) is 0 Å². The van der Waals surface area contributed by atoms with E-state index >= 15 is 0 Å². The number of imide groups is 1. The smallest absolute Gasteiger partial charge is 0.417 e. The van der Waals surface area contributed by atoms with Crippen LogP contribution < -0.4 is 14.2 Å². The van der Waals surface area contributed by atoms with Crippen LogP contribution >= 0.6 is 0 Å². The number of amides is 2. The number of nitrogens with zero attached hydrogens (tertiary/aromatic N) is 1. The summed E-state index contributed by atoms with van der Waals surface area (Å²) in [6.07, 6.45) is 6.46. The number of cyclic esters (lactones) is 1. The summed E-state index contributed by atoms with van der Waals surface area (Å²) in [5, 5.41) is 0. The average molecular weight is 418 g/mol. The minimum absolute atomic E-state index is 0.0322. The van der Waals surface area contributed by atoms with Crippen LogP contribution in [0.1, 0.15) is 44.6 Å². The summed E-state index contributed by atoms with van der Waals surface area (Å²) < 4.78 is 21.7. The number of hydrogen-bond donors (Lipinski definition) is 0. The van der Waals surface area contributed by atoms with E-state index in [0.29, 0.717) is 17.2 Å². The van der Waals surface area contributed by atoms with Crippen molar-refractivity contribution in [3.8, 4) is 17.2 Å². The highest BCUT2D eigenvalue weighted by Gasteiger charge is 2.44. The van der Waals surface area contributed by atoms with E-state index in [4.69, 9.17) is 18.9 Å². The Morgan fingerprint density at radius 3 is 2.30 bits per heavy atom. The van der Waals surface area contributed by atoms with Crippen molar-refractivity contribution in [2.75, 3.05) is 27.9 Å². The maximum absolute atomic E-state index is 13.8. The molecule has 0 aromatic heterocycles. The van der Waals surface area contributed by atoms with Gasteiger partial charge in [-0.15, -0.1) is 0 Å². The summed E-state index contributed by atoms with van der Waals surface area (Å²) in [6, 6.07) is 3.33. The molecule has 1 aliphatic heterocycles. The predicted octanol–water partition coefficient (Wildman–Crippen LogP) is 4.16. The molecule has 1 aromatic carbocycles. The summed E-state index contributed by atoms with van der Waals surface area (Å²) in [5.74, 6) is 0.694.